The lowest BCUT2D eigenvalue weighted by Crippen LogP contribution is -2.56. The monoisotopic (exact) mass is 488 g/mol. The van der Waals surface area contributed by atoms with E-state index in [1.165, 1.54) is 44.9 Å². The molecule has 0 bridgehead atoms. The van der Waals surface area contributed by atoms with Gasteiger partial charge >= 0.3 is 15.6 Å². The van der Waals surface area contributed by atoms with Gasteiger partial charge in [0.2, 0.25) is 0 Å². The van der Waals surface area contributed by atoms with Gasteiger partial charge in [0, 0.05) is 5.41 Å². The van der Waals surface area contributed by atoms with Crippen LogP contribution in [0.2, 0.25) is 0 Å². The third-order valence-corrected chi connectivity index (χ3v) is 12.3. The highest BCUT2D eigenvalue weighted by atomic mass is 32.2. The number of hydrogen-bond acceptors (Lipinski definition) is 3. The second kappa shape index (κ2) is 7.39. The van der Waals surface area contributed by atoms with E-state index >= 15 is 0 Å². The number of rotatable bonds is 2. The second-order valence-electron chi connectivity index (χ2n) is 13.0. The molecule has 0 N–H and O–H groups in total. The van der Waals surface area contributed by atoms with Crippen LogP contribution in [0.25, 0.3) is 0 Å². The number of halogens is 3. The van der Waals surface area contributed by atoms with Crippen molar-refractivity contribution in [3.05, 3.63) is 11.8 Å². The molecule has 0 aromatic carbocycles. The van der Waals surface area contributed by atoms with Crippen molar-refractivity contribution in [2.24, 2.45) is 51.8 Å². The molecular weight excluding hydrogens is 449 g/mol. The van der Waals surface area contributed by atoms with E-state index in [2.05, 4.69) is 13.8 Å². The lowest BCUT2D eigenvalue weighted by Gasteiger charge is -2.63. The van der Waals surface area contributed by atoms with Crippen LogP contribution >= 0.6 is 0 Å². The minimum absolute atomic E-state index is 0.0196. The lowest BCUT2D eigenvalue weighted by molar-refractivity contribution is -0.136. The topological polar surface area (TPSA) is 43.4 Å². The van der Waals surface area contributed by atoms with Gasteiger partial charge in [0.15, 0.2) is 0 Å². The van der Waals surface area contributed by atoms with E-state index in [1.807, 2.05) is 13.8 Å². The average Bonchev–Trinajstić information content (AvgIpc) is 3.11. The van der Waals surface area contributed by atoms with Gasteiger partial charge in [-0.15, -0.1) is 0 Å². The number of fused-ring (bicyclic) bond motifs is 7. The summed E-state index contributed by atoms with van der Waals surface area (Å²) in [5, 5.41) is 0. The zero-order valence-corrected chi connectivity index (χ0v) is 21.2. The van der Waals surface area contributed by atoms with Crippen LogP contribution in [0.3, 0.4) is 0 Å². The number of allylic oxidation sites excluding steroid dienone is 2. The van der Waals surface area contributed by atoms with Crippen molar-refractivity contribution in [2.45, 2.75) is 97.4 Å². The molecule has 0 amide bonds. The second-order valence-corrected chi connectivity index (χ2v) is 14.5. The lowest BCUT2D eigenvalue weighted by atomic mass is 9.41. The molecule has 4 fully saturated rings. The van der Waals surface area contributed by atoms with Crippen LogP contribution in [0.5, 0.6) is 0 Å². The van der Waals surface area contributed by atoms with Crippen LogP contribution in [-0.4, -0.2) is 13.9 Å². The Morgan fingerprint density at radius 1 is 0.879 bits per heavy atom. The van der Waals surface area contributed by atoms with Gasteiger partial charge in [0.1, 0.15) is 5.76 Å². The highest BCUT2D eigenvalue weighted by molar-refractivity contribution is 7.87. The van der Waals surface area contributed by atoms with Crippen LogP contribution in [0.1, 0.15) is 91.9 Å². The summed E-state index contributed by atoms with van der Waals surface area (Å²) in [6, 6.07) is 0. The zero-order chi connectivity index (χ0) is 24.0. The van der Waals surface area contributed by atoms with E-state index in [9.17, 15) is 21.6 Å². The van der Waals surface area contributed by atoms with Gasteiger partial charge in [-0.25, -0.2) is 0 Å². The van der Waals surface area contributed by atoms with Crippen LogP contribution in [0.15, 0.2) is 11.8 Å². The quantitative estimate of drug-likeness (QED) is 0.300. The van der Waals surface area contributed by atoms with E-state index in [4.69, 9.17) is 4.18 Å². The fourth-order valence-electron chi connectivity index (χ4n) is 9.86. The van der Waals surface area contributed by atoms with Crippen LogP contribution in [0.4, 0.5) is 13.2 Å². The molecule has 5 aliphatic carbocycles. The molecule has 5 aliphatic rings. The Balaban J connectivity index is 1.41. The highest BCUT2D eigenvalue weighted by Crippen LogP contribution is 2.69. The number of hydrogen-bond donors (Lipinski definition) is 0. The largest absolute Gasteiger partial charge is 0.534 e. The fraction of sp³-hybridized carbons (Fsp3) is 0.923. The Morgan fingerprint density at radius 3 is 2.24 bits per heavy atom. The van der Waals surface area contributed by atoms with Crippen LogP contribution in [-0.2, 0) is 14.3 Å². The Hall–Kier alpha value is -0.720. The van der Waals surface area contributed by atoms with Crippen LogP contribution in [0, 0.1) is 51.8 Å². The fourth-order valence-corrected chi connectivity index (χ4v) is 10.5. The molecule has 8 atom stereocenters. The first-order valence-electron chi connectivity index (χ1n) is 12.9. The Bertz CT molecular complexity index is 939. The third-order valence-electron chi connectivity index (χ3n) is 11.3. The van der Waals surface area contributed by atoms with Crippen molar-refractivity contribution in [3.63, 3.8) is 0 Å². The molecular formula is C26H39F3O3S. The van der Waals surface area contributed by atoms with E-state index in [0.717, 1.165) is 30.6 Å². The number of alkyl halides is 3. The van der Waals surface area contributed by atoms with Crippen molar-refractivity contribution in [2.75, 3.05) is 0 Å². The predicted octanol–water partition coefficient (Wildman–Crippen LogP) is 7.44. The van der Waals surface area contributed by atoms with Gasteiger partial charge in [-0.3, -0.25) is 0 Å². The molecule has 0 spiro atoms. The molecule has 33 heavy (non-hydrogen) atoms. The summed E-state index contributed by atoms with van der Waals surface area (Å²) in [7, 11) is -5.65. The maximum atomic E-state index is 13.0. The van der Waals surface area contributed by atoms with E-state index in [-0.39, 0.29) is 17.1 Å². The molecule has 5 unspecified atom stereocenters. The summed E-state index contributed by atoms with van der Waals surface area (Å²) in [5.74, 6) is 3.85. The van der Waals surface area contributed by atoms with Crippen molar-refractivity contribution in [1.82, 2.24) is 0 Å². The van der Waals surface area contributed by atoms with Crippen molar-refractivity contribution in [3.8, 4) is 0 Å². The minimum Gasteiger partial charge on any atom is -0.380 e. The summed E-state index contributed by atoms with van der Waals surface area (Å²) in [6.45, 7) is 8.60. The Kier molecular flexibility index (Phi) is 5.38. The molecule has 5 rings (SSSR count). The molecule has 188 valence electrons. The van der Waals surface area contributed by atoms with Gasteiger partial charge in [-0.05, 0) is 110 Å². The molecule has 0 aromatic heterocycles. The molecule has 3 nitrogen and oxygen atoms in total. The molecule has 0 heterocycles. The van der Waals surface area contributed by atoms with E-state index in [1.54, 1.807) is 6.08 Å². The van der Waals surface area contributed by atoms with Gasteiger partial charge in [-0.1, -0.05) is 34.1 Å². The summed E-state index contributed by atoms with van der Waals surface area (Å²) in [6.07, 6.45) is 13.6. The minimum atomic E-state index is -5.65. The van der Waals surface area contributed by atoms with E-state index < -0.39 is 21.0 Å². The van der Waals surface area contributed by atoms with Gasteiger partial charge in [0.05, 0.1) is 0 Å². The first-order valence-corrected chi connectivity index (χ1v) is 14.3. The summed E-state index contributed by atoms with van der Waals surface area (Å²) < 4.78 is 67.3. The molecule has 0 aromatic rings. The maximum absolute atomic E-state index is 13.0. The zero-order valence-electron chi connectivity index (χ0n) is 20.4. The molecule has 0 saturated heterocycles. The molecule has 7 heteroatoms. The van der Waals surface area contributed by atoms with E-state index in [0.29, 0.717) is 23.7 Å². The van der Waals surface area contributed by atoms with Crippen molar-refractivity contribution < 1.29 is 25.8 Å². The SMILES string of the molecule is CC1(C)C(OS(=O)(=O)C(F)(F)F)=CC[C@]2(C)C3CCC4C(CC[C@@]5(C)CCC[C@H]45)C3CCC12. The summed E-state index contributed by atoms with van der Waals surface area (Å²) in [5.41, 5.74) is -5.64. The smallest absolute Gasteiger partial charge is 0.380 e. The van der Waals surface area contributed by atoms with Crippen LogP contribution < -0.4 is 0 Å². The van der Waals surface area contributed by atoms with Crippen molar-refractivity contribution in [1.29, 1.82) is 0 Å². The Morgan fingerprint density at radius 2 is 1.55 bits per heavy atom. The average molecular weight is 489 g/mol. The normalized spacial score (nSPS) is 46.9. The maximum Gasteiger partial charge on any atom is 0.534 e. The first kappa shape index (κ1) is 24.0. The molecule has 4 saturated carbocycles. The standard InChI is InChI=1S/C26H39F3O3S/c1-23(2)21-10-8-18-16-11-14-24(3)13-5-6-19(24)17(16)7-9-20(18)25(21,4)15-12-22(23)32-33(30,31)26(27,28)29/h12,16-21H,5-11,13-15H2,1-4H3/t16?,17?,18?,19-,20?,21?,24-,25-/m1/s1. The van der Waals surface area contributed by atoms with Gasteiger partial charge < -0.3 is 4.18 Å². The third kappa shape index (κ3) is 3.44. The van der Waals surface area contributed by atoms with Crippen molar-refractivity contribution >= 4 is 10.1 Å². The Labute approximate surface area is 197 Å². The first-order chi connectivity index (χ1) is 15.2. The summed E-state index contributed by atoms with van der Waals surface area (Å²) in [4.78, 5) is 0. The summed E-state index contributed by atoms with van der Waals surface area (Å²) >= 11 is 0. The molecule has 0 aliphatic heterocycles. The highest BCUT2D eigenvalue weighted by Gasteiger charge is 2.62. The van der Waals surface area contributed by atoms with Gasteiger partial charge in [0.25, 0.3) is 0 Å². The predicted molar refractivity (Wildman–Crippen MR) is 121 cm³/mol. The van der Waals surface area contributed by atoms with Gasteiger partial charge in [-0.2, -0.15) is 21.6 Å². The molecule has 0 radical (unpaired) electrons.